The summed E-state index contributed by atoms with van der Waals surface area (Å²) >= 11 is 12.2. The van der Waals surface area contributed by atoms with Crippen molar-refractivity contribution < 1.29 is 4.79 Å². The van der Waals surface area contributed by atoms with Crippen LogP contribution in [0.4, 0.5) is 5.69 Å². The first-order valence-corrected chi connectivity index (χ1v) is 13.9. The summed E-state index contributed by atoms with van der Waals surface area (Å²) < 4.78 is 0. The van der Waals surface area contributed by atoms with Crippen LogP contribution in [0.1, 0.15) is 43.4 Å². The molecule has 1 spiro atoms. The standard InChI is InChI=1S/C31H32Cl2N4O/c1-21(2)36-14-11-31(12-15-36)27-8-6-24(23-5-3-4-22(16-23)19-34)17-25(27)10-13-37(31)20-30(38)35-26-7-9-28(32)29(33)18-26/h3-9,16-18,21H,10-15,20H2,1-2H3,(H,35,38). The number of carbonyl (C=O) groups is 1. The van der Waals surface area contributed by atoms with Gasteiger partial charge in [-0.05, 0) is 85.7 Å². The molecule has 196 valence electrons. The molecule has 1 fully saturated rings. The van der Waals surface area contributed by atoms with E-state index < -0.39 is 0 Å². The Kier molecular flexibility index (Phi) is 7.79. The van der Waals surface area contributed by atoms with Crippen molar-refractivity contribution in [3.05, 3.63) is 87.4 Å². The second-order valence-corrected chi connectivity index (χ2v) is 11.4. The number of amides is 1. The second-order valence-electron chi connectivity index (χ2n) is 10.6. The summed E-state index contributed by atoms with van der Waals surface area (Å²) in [7, 11) is 0. The topological polar surface area (TPSA) is 59.4 Å². The second kappa shape index (κ2) is 11.1. The van der Waals surface area contributed by atoms with Crippen molar-refractivity contribution in [3.63, 3.8) is 0 Å². The van der Waals surface area contributed by atoms with Crippen LogP contribution < -0.4 is 5.32 Å². The minimum Gasteiger partial charge on any atom is -0.325 e. The molecule has 3 aromatic rings. The summed E-state index contributed by atoms with van der Waals surface area (Å²) in [6.07, 6.45) is 2.82. The Morgan fingerprint density at radius 3 is 2.47 bits per heavy atom. The highest BCUT2D eigenvalue weighted by molar-refractivity contribution is 6.42. The SMILES string of the molecule is CC(C)N1CCC2(CC1)c1ccc(-c3cccc(C#N)c3)cc1CCN2CC(=O)Nc1ccc(Cl)c(Cl)c1. The van der Waals surface area contributed by atoms with Crippen LogP contribution in [0.3, 0.4) is 0 Å². The van der Waals surface area contributed by atoms with Gasteiger partial charge in [-0.1, -0.05) is 53.5 Å². The van der Waals surface area contributed by atoms with Gasteiger partial charge in [0.25, 0.3) is 0 Å². The zero-order valence-electron chi connectivity index (χ0n) is 21.8. The smallest absolute Gasteiger partial charge is 0.238 e. The van der Waals surface area contributed by atoms with Crippen LogP contribution in [0.5, 0.6) is 0 Å². The average Bonchev–Trinajstić information content (AvgIpc) is 2.92. The van der Waals surface area contributed by atoms with Gasteiger partial charge in [-0.3, -0.25) is 9.69 Å². The number of nitriles is 1. The lowest BCUT2D eigenvalue weighted by Gasteiger charge is -2.53. The third-order valence-corrected chi connectivity index (χ3v) is 8.82. The van der Waals surface area contributed by atoms with Crippen molar-refractivity contribution in [1.29, 1.82) is 5.26 Å². The Labute approximate surface area is 235 Å². The largest absolute Gasteiger partial charge is 0.325 e. The monoisotopic (exact) mass is 546 g/mol. The molecule has 2 aliphatic heterocycles. The van der Waals surface area contributed by atoms with Gasteiger partial charge in [0.05, 0.1) is 28.2 Å². The predicted octanol–water partition coefficient (Wildman–Crippen LogP) is 6.73. The van der Waals surface area contributed by atoms with Crippen molar-refractivity contribution in [2.24, 2.45) is 0 Å². The van der Waals surface area contributed by atoms with Gasteiger partial charge < -0.3 is 10.2 Å². The Bertz CT molecular complexity index is 1390. The molecular weight excluding hydrogens is 515 g/mol. The summed E-state index contributed by atoms with van der Waals surface area (Å²) in [4.78, 5) is 18.1. The minimum absolute atomic E-state index is 0.0533. The van der Waals surface area contributed by atoms with E-state index >= 15 is 0 Å². The molecule has 2 heterocycles. The molecule has 5 nitrogen and oxygen atoms in total. The first kappa shape index (κ1) is 26.7. The minimum atomic E-state index is -0.193. The quantitative estimate of drug-likeness (QED) is 0.385. The van der Waals surface area contributed by atoms with Gasteiger partial charge >= 0.3 is 0 Å². The van der Waals surface area contributed by atoms with Crippen LogP contribution in [-0.4, -0.2) is 47.9 Å². The fourth-order valence-electron chi connectivity index (χ4n) is 6.02. The zero-order valence-corrected chi connectivity index (χ0v) is 23.3. The zero-order chi connectivity index (χ0) is 26.9. The number of benzene rings is 3. The number of hydrogen-bond acceptors (Lipinski definition) is 4. The van der Waals surface area contributed by atoms with Gasteiger partial charge in [-0.25, -0.2) is 0 Å². The number of likely N-dealkylation sites (tertiary alicyclic amines) is 1. The highest BCUT2D eigenvalue weighted by Crippen LogP contribution is 2.44. The van der Waals surface area contributed by atoms with Gasteiger partial charge in [0.2, 0.25) is 5.91 Å². The maximum atomic E-state index is 13.2. The summed E-state index contributed by atoms with van der Waals surface area (Å²) in [6.45, 7) is 7.61. The lowest BCUT2D eigenvalue weighted by Crippen LogP contribution is -2.58. The van der Waals surface area contributed by atoms with Gasteiger partial charge in [-0.2, -0.15) is 5.26 Å². The first-order valence-electron chi connectivity index (χ1n) is 13.2. The van der Waals surface area contributed by atoms with E-state index in [1.807, 2.05) is 18.2 Å². The fraction of sp³-hybridized carbons (Fsp3) is 0.355. The van der Waals surface area contributed by atoms with E-state index in [2.05, 4.69) is 59.3 Å². The lowest BCUT2D eigenvalue weighted by atomic mass is 9.73. The molecule has 0 atom stereocenters. The molecule has 0 radical (unpaired) electrons. The number of fused-ring (bicyclic) bond motifs is 2. The molecule has 7 heteroatoms. The Morgan fingerprint density at radius 2 is 1.76 bits per heavy atom. The number of anilines is 1. The summed E-state index contributed by atoms with van der Waals surface area (Å²) in [5.74, 6) is -0.0533. The van der Waals surface area contributed by atoms with E-state index in [1.165, 1.54) is 11.1 Å². The maximum absolute atomic E-state index is 13.2. The van der Waals surface area contributed by atoms with Crippen LogP contribution in [0.2, 0.25) is 10.0 Å². The number of hydrogen-bond donors (Lipinski definition) is 1. The highest BCUT2D eigenvalue weighted by atomic mass is 35.5. The molecule has 0 bridgehead atoms. The van der Waals surface area contributed by atoms with Crippen molar-refractivity contribution in [1.82, 2.24) is 9.80 Å². The van der Waals surface area contributed by atoms with Gasteiger partial charge in [-0.15, -0.1) is 0 Å². The van der Waals surface area contributed by atoms with Gasteiger partial charge in [0.1, 0.15) is 0 Å². The molecular formula is C31H32Cl2N4O. The predicted molar refractivity (Wildman–Crippen MR) is 155 cm³/mol. The molecule has 0 aliphatic carbocycles. The van der Waals surface area contributed by atoms with Crippen molar-refractivity contribution in [2.45, 2.75) is 44.7 Å². The van der Waals surface area contributed by atoms with E-state index in [-0.39, 0.29) is 11.4 Å². The van der Waals surface area contributed by atoms with Crippen molar-refractivity contribution in [2.75, 3.05) is 31.5 Å². The van der Waals surface area contributed by atoms with Gasteiger partial charge in [0.15, 0.2) is 0 Å². The molecule has 2 aliphatic rings. The maximum Gasteiger partial charge on any atom is 0.238 e. The average molecular weight is 548 g/mol. The number of rotatable bonds is 5. The summed E-state index contributed by atoms with van der Waals surface area (Å²) in [5, 5.41) is 13.2. The van der Waals surface area contributed by atoms with Crippen molar-refractivity contribution >= 4 is 34.8 Å². The number of nitrogens with one attached hydrogen (secondary N) is 1. The van der Waals surface area contributed by atoms with E-state index in [1.54, 1.807) is 18.2 Å². The molecule has 0 unspecified atom stereocenters. The normalized spacial score (nSPS) is 17.3. The number of carbonyl (C=O) groups excluding carboxylic acids is 1. The Balaban J connectivity index is 1.44. The number of nitrogens with zero attached hydrogens (tertiary/aromatic N) is 3. The van der Waals surface area contributed by atoms with E-state index in [4.69, 9.17) is 23.2 Å². The van der Waals surface area contributed by atoms with E-state index in [0.29, 0.717) is 33.9 Å². The third kappa shape index (κ3) is 5.32. The van der Waals surface area contributed by atoms with Crippen molar-refractivity contribution in [3.8, 4) is 17.2 Å². The molecule has 1 amide bonds. The molecule has 38 heavy (non-hydrogen) atoms. The molecule has 1 N–H and O–H groups in total. The molecule has 0 aromatic heterocycles. The van der Waals surface area contributed by atoms with Crippen LogP contribution in [0.25, 0.3) is 11.1 Å². The molecule has 5 rings (SSSR count). The number of halogens is 2. The van der Waals surface area contributed by atoms with Crippen LogP contribution in [-0.2, 0) is 16.8 Å². The van der Waals surface area contributed by atoms with Crippen LogP contribution >= 0.6 is 23.2 Å². The van der Waals surface area contributed by atoms with Gasteiger partial charge in [0, 0.05) is 36.9 Å². The highest BCUT2D eigenvalue weighted by Gasteiger charge is 2.45. The number of piperidine rings is 1. The molecule has 3 aromatic carbocycles. The molecule has 0 saturated carbocycles. The van der Waals surface area contributed by atoms with Crippen LogP contribution in [0, 0.1) is 11.3 Å². The van der Waals surface area contributed by atoms with Crippen LogP contribution in [0.15, 0.2) is 60.7 Å². The first-order chi connectivity index (χ1) is 18.3. The van der Waals surface area contributed by atoms with E-state index in [9.17, 15) is 10.1 Å². The fourth-order valence-corrected chi connectivity index (χ4v) is 6.31. The lowest BCUT2D eigenvalue weighted by molar-refractivity contribution is -0.120. The Morgan fingerprint density at radius 1 is 1.00 bits per heavy atom. The molecule has 1 saturated heterocycles. The Hall–Kier alpha value is -2.88. The summed E-state index contributed by atoms with van der Waals surface area (Å²) in [5.41, 5.74) is 5.96. The summed E-state index contributed by atoms with van der Waals surface area (Å²) in [6, 6.07) is 22.4. The third-order valence-electron chi connectivity index (χ3n) is 8.08. The van der Waals surface area contributed by atoms with E-state index in [0.717, 1.165) is 50.0 Å².